The highest BCUT2D eigenvalue weighted by atomic mass is 16.8. The average Bonchev–Trinajstić information content (AvgIpc) is 3.04. The monoisotopic (exact) mass is 374 g/mol. The first-order valence-corrected chi connectivity index (χ1v) is 9.02. The topological polar surface area (TPSA) is 81.7 Å². The fourth-order valence-corrected chi connectivity index (χ4v) is 3.41. The maximum atomic E-state index is 12.0. The van der Waals surface area contributed by atoms with Crippen LogP contribution < -0.4 is 0 Å². The standard InChI is InChI=1S/C18H30O8/c1-16(2,3)24-11(19)9-20-13-12(10-8-21-17(4,5)23-10)22-15-14(13)25-18(6,7)26-15/h10,12-15H,8-9H2,1-7H3/t10-,12-,13+,14-,15-/m1/s1. The Kier molecular flexibility index (Phi) is 5.14. The molecule has 5 atom stereocenters. The van der Waals surface area contributed by atoms with Crippen molar-refractivity contribution in [2.24, 2.45) is 0 Å². The molecule has 3 fully saturated rings. The van der Waals surface area contributed by atoms with Crippen molar-refractivity contribution in [3.8, 4) is 0 Å². The third kappa shape index (κ3) is 4.55. The number of carbonyl (C=O) groups is 1. The molecule has 0 saturated carbocycles. The maximum Gasteiger partial charge on any atom is 0.332 e. The molecule has 0 radical (unpaired) electrons. The number of esters is 1. The first kappa shape index (κ1) is 20.0. The zero-order valence-corrected chi connectivity index (χ0v) is 16.6. The lowest BCUT2D eigenvalue weighted by Crippen LogP contribution is -2.45. The molecule has 26 heavy (non-hydrogen) atoms. The molecule has 3 rings (SSSR count). The van der Waals surface area contributed by atoms with Crippen LogP contribution in [-0.2, 0) is 38.0 Å². The molecule has 0 unspecified atom stereocenters. The minimum absolute atomic E-state index is 0.203. The third-order valence-corrected chi connectivity index (χ3v) is 4.24. The summed E-state index contributed by atoms with van der Waals surface area (Å²) in [7, 11) is 0. The van der Waals surface area contributed by atoms with Crippen LogP contribution >= 0.6 is 0 Å². The van der Waals surface area contributed by atoms with Crippen LogP contribution in [0.25, 0.3) is 0 Å². The van der Waals surface area contributed by atoms with E-state index in [1.54, 1.807) is 0 Å². The van der Waals surface area contributed by atoms with E-state index in [9.17, 15) is 4.79 Å². The van der Waals surface area contributed by atoms with Crippen molar-refractivity contribution in [3.63, 3.8) is 0 Å². The minimum atomic E-state index is -0.778. The summed E-state index contributed by atoms with van der Waals surface area (Å²) in [5.74, 6) is -1.91. The number of hydrogen-bond acceptors (Lipinski definition) is 8. The SMILES string of the molecule is CC(C)(C)OC(=O)CO[C@@H]1[C@H]2OC(C)(C)O[C@H]2O[C@@H]1[C@H]1COC(C)(C)O1. The van der Waals surface area contributed by atoms with Crippen molar-refractivity contribution < 1.29 is 38.0 Å². The number of rotatable bonds is 4. The van der Waals surface area contributed by atoms with Gasteiger partial charge in [0.15, 0.2) is 17.9 Å². The summed E-state index contributed by atoms with van der Waals surface area (Å²) >= 11 is 0. The van der Waals surface area contributed by atoms with Crippen molar-refractivity contribution in [1.29, 1.82) is 0 Å². The van der Waals surface area contributed by atoms with E-state index in [-0.39, 0.29) is 12.7 Å². The Morgan fingerprint density at radius 1 is 1.04 bits per heavy atom. The molecule has 3 heterocycles. The Morgan fingerprint density at radius 2 is 1.73 bits per heavy atom. The van der Waals surface area contributed by atoms with E-state index in [0.29, 0.717) is 6.61 Å². The summed E-state index contributed by atoms with van der Waals surface area (Å²) in [6.07, 6.45) is -2.37. The van der Waals surface area contributed by atoms with Gasteiger partial charge in [0.1, 0.15) is 36.6 Å². The average molecular weight is 374 g/mol. The van der Waals surface area contributed by atoms with Crippen LogP contribution in [0.4, 0.5) is 0 Å². The zero-order chi connectivity index (χ0) is 19.3. The number of carbonyl (C=O) groups excluding carboxylic acids is 1. The van der Waals surface area contributed by atoms with Gasteiger partial charge in [-0.2, -0.15) is 0 Å². The van der Waals surface area contributed by atoms with Crippen LogP contribution in [0.1, 0.15) is 48.5 Å². The van der Waals surface area contributed by atoms with Gasteiger partial charge in [0, 0.05) is 0 Å². The van der Waals surface area contributed by atoms with Gasteiger partial charge >= 0.3 is 5.97 Å². The molecule has 3 saturated heterocycles. The van der Waals surface area contributed by atoms with Crippen LogP contribution in [0.15, 0.2) is 0 Å². The minimum Gasteiger partial charge on any atom is -0.458 e. The molecule has 150 valence electrons. The molecule has 8 nitrogen and oxygen atoms in total. The van der Waals surface area contributed by atoms with Gasteiger partial charge in [0.25, 0.3) is 0 Å². The molecule has 0 aromatic heterocycles. The van der Waals surface area contributed by atoms with E-state index in [2.05, 4.69) is 0 Å². The molecule has 0 N–H and O–H groups in total. The van der Waals surface area contributed by atoms with Gasteiger partial charge in [-0.1, -0.05) is 0 Å². The lowest BCUT2D eigenvalue weighted by molar-refractivity contribution is -0.236. The Balaban J connectivity index is 1.68. The van der Waals surface area contributed by atoms with Gasteiger partial charge in [-0.25, -0.2) is 4.79 Å². The predicted molar refractivity (Wildman–Crippen MR) is 89.2 cm³/mol. The fourth-order valence-electron chi connectivity index (χ4n) is 3.41. The highest BCUT2D eigenvalue weighted by molar-refractivity contribution is 5.71. The summed E-state index contributed by atoms with van der Waals surface area (Å²) < 4.78 is 40.5. The van der Waals surface area contributed by atoms with Gasteiger partial charge in [0.05, 0.1) is 6.61 Å². The van der Waals surface area contributed by atoms with Gasteiger partial charge in [0.2, 0.25) is 0 Å². The lowest BCUT2D eigenvalue weighted by atomic mass is 10.1. The molecule has 0 aromatic carbocycles. The molecule has 0 aliphatic carbocycles. The van der Waals surface area contributed by atoms with Gasteiger partial charge < -0.3 is 33.2 Å². The highest BCUT2D eigenvalue weighted by Crippen LogP contribution is 2.41. The van der Waals surface area contributed by atoms with E-state index in [1.807, 2.05) is 48.5 Å². The molecule has 8 heteroatoms. The molecule has 0 spiro atoms. The molecular formula is C18H30O8. The molecular weight excluding hydrogens is 344 g/mol. The number of ether oxygens (including phenoxy) is 7. The smallest absolute Gasteiger partial charge is 0.332 e. The third-order valence-electron chi connectivity index (χ3n) is 4.24. The summed E-state index contributed by atoms with van der Waals surface area (Å²) in [5.41, 5.74) is -0.573. The Bertz CT molecular complexity index is 538. The predicted octanol–water partition coefficient (Wildman–Crippen LogP) is 1.74. The van der Waals surface area contributed by atoms with Crippen LogP contribution in [0, 0.1) is 0 Å². The number of fused-ring (bicyclic) bond motifs is 1. The molecule has 0 amide bonds. The van der Waals surface area contributed by atoms with Crippen LogP contribution in [0.2, 0.25) is 0 Å². The van der Waals surface area contributed by atoms with E-state index < -0.39 is 47.7 Å². The second-order valence-electron chi connectivity index (χ2n) is 8.80. The summed E-state index contributed by atoms with van der Waals surface area (Å²) in [6, 6.07) is 0. The van der Waals surface area contributed by atoms with Crippen molar-refractivity contribution in [2.75, 3.05) is 13.2 Å². The Morgan fingerprint density at radius 3 is 2.31 bits per heavy atom. The molecule has 3 aliphatic heterocycles. The molecule has 3 aliphatic rings. The second-order valence-corrected chi connectivity index (χ2v) is 8.80. The van der Waals surface area contributed by atoms with Crippen LogP contribution in [0.3, 0.4) is 0 Å². The lowest BCUT2D eigenvalue weighted by Gasteiger charge is -2.29. The van der Waals surface area contributed by atoms with Gasteiger partial charge in [-0.05, 0) is 48.5 Å². The number of hydrogen-bond donors (Lipinski definition) is 0. The first-order chi connectivity index (χ1) is 11.9. The normalized spacial score (nSPS) is 38.3. The van der Waals surface area contributed by atoms with Crippen molar-refractivity contribution in [1.82, 2.24) is 0 Å². The summed E-state index contributed by atoms with van der Waals surface area (Å²) in [4.78, 5) is 12.0. The molecule has 0 bridgehead atoms. The molecule has 0 aromatic rings. The fraction of sp³-hybridized carbons (Fsp3) is 0.944. The van der Waals surface area contributed by atoms with Crippen LogP contribution in [-0.4, -0.2) is 67.1 Å². The van der Waals surface area contributed by atoms with Gasteiger partial charge in [-0.3, -0.25) is 0 Å². The Hall–Kier alpha value is -0.770. The summed E-state index contributed by atoms with van der Waals surface area (Å²) in [6.45, 7) is 12.9. The highest BCUT2D eigenvalue weighted by Gasteiger charge is 2.59. The van der Waals surface area contributed by atoms with Crippen molar-refractivity contribution >= 4 is 5.97 Å². The van der Waals surface area contributed by atoms with E-state index in [4.69, 9.17) is 33.2 Å². The zero-order valence-electron chi connectivity index (χ0n) is 16.6. The van der Waals surface area contributed by atoms with Crippen LogP contribution in [0.5, 0.6) is 0 Å². The Labute approximate surface area is 154 Å². The first-order valence-electron chi connectivity index (χ1n) is 9.02. The van der Waals surface area contributed by atoms with E-state index >= 15 is 0 Å². The maximum absolute atomic E-state index is 12.0. The summed E-state index contributed by atoms with van der Waals surface area (Å²) in [5, 5.41) is 0. The van der Waals surface area contributed by atoms with E-state index in [0.717, 1.165) is 0 Å². The van der Waals surface area contributed by atoms with Gasteiger partial charge in [-0.15, -0.1) is 0 Å². The van der Waals surface area contributed by atoms with E-state index in [1.165, 1.54) is 0 Å². The van der Waals surface area contributed by atoms with Crippen molar-refractivity contribution in [2.45, 2.75) is 96.3 Å². The largest absolute Gasteiger partial charge is 0.458 e. The second kappa shape index (κ2) is 6.68. The quantitative estimate of drug-likeness (QED) is 0.689. The van der Waals surface area contributed by atoms with Crippen molar-refractivity contribution in [3.05, 3.63) is 0 Å².